The van der Waals surface area contributed by atoms with E-state index in [2.05, 4.69) is 5.32 Å². The van der Waals surface area contributed by atoms with Gasteiger partial charge in [-0.2, -0.15) is 9.57 Å². The third kappa shape index (κ3) is 5.85. The van der Waals surface area contributed by atoms with Crippen molar-refractivity contribution in [1.29, 1.82) is 5.26 Å². The largest absolute Gasteiger partial charge is 0.452 e. The summed E-state index contributed by atoms with van der Waals surface area (Å²) in [5.74, 6) is -1.34. The van der Waals surface area contributed by atoms with Crippen molar-refractivity contribution in [2.45, 2.75) is 30.6 Å². The quantitative estimate of drug-likeness (QED) is 0.638. The number of amides is 1. The number of nitrogens with zero attached hydrogens (tertiary/aromatic N) is 2. The second-order valence-electron chi connectivity index (χ2n) is 7.27. The van der Waals surface area contributed by atoms with Gasteiger partial charge in [-0.3, -0.25) is 4.79 Å². The molecule has 0 unspecified atom stereocenters. The van der Waals surface area contributed by atoms with Crippen LogP contribution < -0.4 is 5.32 Å². The first-order valence-corrected chi connectivity index (χ1v) is 11.9. The van der Waals surface area contributed by atoms with Gasteiger partial charge in [0, 0.05) is 18.8 Å². The van der Waals surface area contributed by atoms with E-state index in [9.17, 15) is 18.0 Å². The van der Waals surface area contributed by atoms with Crippen molar-refractivity contribution in [3.63, 3.8) is 0 Å². The van der Waals surface area contributed by atoms with Gasteiger partial charge in [-0.15, -0.1) is 0 Å². The molecule has 1 saturated heterocycles. The van der Waals surface area contributed by atoms with Crippen molar-refractivity contribution in [2.75, 3.05) is 25.0 Å². The van der Waals surface area contributed by atoms with Crippen LogP contribution in [0.2, 0.25) is 5.02 Å². The average molecular weight is 476 g/mol. The molecule has 1 amide bonds. The van der Waals surface area contributed by atoms with E-state index in [1.807, 2.05) is 6.07 Å². The molecular weight excluding hydrogens is 454 g/mol. The maximum Gasteiger partial charge on any atom is 0.338 e. The van der Waals surface area contributed by atoms with Crippen LogP contribution in [0.25, 0.3) is 0 Å². The standard InChI is InChI=1S/C22H22ClN3O5S/c23-20-13-18(8-5-17(20)14-24)25-21(27)15-31-22(28)16-6-9-19(10-7-16)32(29,30)26-11-3-1-2-4-12-26/h5-10,13H,1-4,11-12,15H2,(H,25,27). The lowest BCUT2D eigenvalue weighted by Crippen LogP contribution is -2.31. The summed E-state index contributed by atoms with van der Waals surface area (Å²) in [5, 5.41) is 11.6. The Bertz CT molecular complexity index is 1140. The first-order chi connectivity index (χ1) is 15.3. The van der Waals surface area contributed by atoms with Crippen LogP contribution in [0.3, 0.4) is 0 Å². The normalized spacial score (nSPS) is 14.8. The number of hydrogen-bond acceptors (Lipinski definition) is 6. The van der Waals surface area contributed by atoms with Gasteiger partial charge in [0.2, 0.25) is 10.0 Å². The minimum Gasteiger partial charge on any atom is -0.452 e. The van der Waals surface area contributed by atoms with E-state index >= 15 is 0 Å². The number of benzene rings is 2. The molecule has 32 heavy (non-hydrogen) atoms. The first kappa shape index (κ1) is 23.7. The third-order valence-corrected chi connectivity index (χ3v) is 7.23. The predicted octanol–water partition coefficient (Wildman–Crippen LogP) is 3.57. The fourth-order valence-corrected chi connectivity index (χ4v) is 5.03. The Morgan fingerprint density at radius 2 is 1.72 bits per heavy atom. The van der Waals surface area contributed by atoms with Gasteiger partial charge in [0.1, 0.15) is 6.07 Å². The van der Waals surface area contributed by atoms with Gasteiger partial charge in [-0.1, -0.05) is 24.4 Å². The molecule has 0 spiro atoms. The SMILES string of the molecule is N#Cc1ccc(NC(=O)COC(=O)c2ccc(S(=O)(=O)N3CCCCCC3)cc2)cc1Cl. The second-order valence-corrected chi connectivity index (χ2v) is 9.62. The van der Waals surface area contributed by atoms with Crippen molar-refractivity contribution in [2.24, 2.45) is 0 Å². The van der Waals surface area contributed by atoms with Gasteiger partial charge in [0.15, 0.2) is 6.61 Å². The number of nitriles is 1. The summed E-state index contributed by atoms with van der Waals surface area (Å²) in [6.45, 7) is 0.446. The Labute approximate surface area is 191 Å². The first-order valence-electron chi connectivity index (χ1n) is 10.1. The zero-order valence-corrected chi connectivity index (χ0v) is 18.8. The highest BCUT2D eigenvalue weighted by Crippen LogP contribution is 2.22. The Balaban J connectivity index is 1.57. The lowest BCUT2D eigenvalue weighted by Gasteiger charge is -2.19. The molecule has 1 aliphatic heterocycles. The molecule has 2 aromatic rings. The monoisotopic (exact) mass is 475 g/mol. The summed E-state index contributed by atoms with van der Waals surface area (Å²) >= 11 is 5.92. The van der Waals surface area contributed by atoms with Crippen LogP contribution >= 0.6 is 11.6 Å². The van der Waals surface area contributed by atoms with Crippen molar-refractivity contribution < 1.29 is 22.7 Å². The summed E-state index contributed by atoms with van der Waals surface area (Å²) in [7, 11) is -3.61. The minimum atomic E-state index is -3.61. The van der Waals surface area contributed by atoms with Gasteiger partial charge in [0.25, 0.3) is 5.91 Å². The molecule has 0 aromatic heterocycles. The van der Waals surface area contributed by atoms with E-state index in [1.54, 1.807) is 0 Å². The number of halogens is 1. The van der Waals surface area contributed by atoms with E-state index in [1.165, 1.54) is 46.8 Å². The fourth-order valence-electron chi connectivity index (χ4n) is 3.29. The van der Waals surface area contributed by atoms with Crippen LogP contribution in [-0.4, -0.2) is 44.3 Å². The topological polar surface area (TPSA) is 117 Å². The molecule has 0 atom stereocenters. The highest BCUT2D eigenvalue weighted by atomic mass is 35.5. The van der Waals surface area contributed by atoms with Crippen molar-refractivity contribution in [3.05, 3.63) is 58.6 Å². The number of ether oxygens (including phenoxy) is 1. The second kappa shape index (κ2) is 10.6. The molecule has 0 aliphatic carbocycles. The Morgan fingerprint density at radius 3 is 2.31 bits per heavy atom. The molecule has 0 radical (unpaired) electrons. The number of nitrogens with one attached hydrogen (secondary N) is 1. The van der Waals surface area contributed by atoms with Crippen LogP contribution in [0, 0.1) is 11.3 Å². The highest BCUT2D eigenvalue weighted by molar-refractivity contribution is 7.89. The summed E-state index contributed by atoms with van der Waals surface area (Å²) in [6.07, 6.45) is 3.70. The third-order valence-electron chi connectivity index (χ3n) is 5.00. The zero-order valence-electron chi connectivity index (χ0n) is 17.2. The number of hydrogen-bond donors (Lipinski definition) is 1. The number of anilines is 1. The number of sulfonamides is 1. The number of rotatable bonds is 6. The lowest BCUT2D eigenvalue weighted by molar-refractivity contribution is -0.119. The lowest BCUT2D eigenvalue weighted by atomic mass is 10.2. The molecule has 2 aromatic carbocycles. The van der Waals surface area contributed by atoms with E-state index in [4.69, 9.17) is 21.6 Å². The van der Waals surface area contributed by atoms with Crippen LogP contribution in [0.15, 0.2) is 47.4 Å². The predicted molar refractivity (Wildman–Crippen MR) is 119 cm³/mol. The molecule has 3 rings (SSSR count). The number of carbonyl (C=O) groups excluding carboxylic acids is 2. The van der Waals surface area contributed by atoms with Crippen LogP contribution in [0.5, 0.6) is 0 Å². The molecule has 0 bridgehead atoms. The van der Waals surface area contributed by atoms with Crippen LogP contribution in [-0.2, 0) is 19.6 Å². The van der Waals surface area contributed by atoms with Gasteiger partial charge in [-0.05, 0) is 55.3 Å². The Morgan fingerprint density at radius 1 is 1.06 bits per heavy atom. The van der Waals surface area contributed by atoms with E-state index in [0.29, 0.717) is 18.8 Å². The van der Waals surface area contributed by atoms with Gasteiger partial charge in [-0.25, -0.2) is 13.2 Å². The van der Waals surface area contributed by atoms with Crippen molar-refractivity contribution in [3.8, 4) is 6.07 Å². The Hall–Kier alpha value is -2.93. The molecule has 8 nitrogen and oxygen atoms in total. The van der Waals surface area contributed by atoms with Gasteiger partial charge in [0.05, 0.1) is 21.0 Å². The summed E-state index contributed by atoms with van der Waals surface area (Å²) < 4.78 is 32.1. The molecule has 10 heteroatoms. The smallest absolute Gasteiger partial charge is 0.338 e. The molecule has 1 heterocycles. The van der Waals surface area contributed by atoms with Crippen LogP contribution in [0.1, 0.15) is 41.6 Å². The maximum atomic E-state index is 12.8. The molecule has 1 aliphatic rings. The van der Waals surface area contributed by atoms with E-state index in [0.717, 1.165) is 25.7 Å². The Kier molecular flexibility index (Phi) is 7.85. The van der Waals surface area contributed by atoms with Gasteiger partial charge >= 0.3 is 5.97 Å². The highest BCUT2D eigenvalue weighted by Gasteiger charge is 2.25. The fraction of sp³-hybridized carbons (Fsp3) is 0.318. The molecule has 0 saturated carbocycles. The molecule has 1 N–H and O–H groups in total. The number of carbonyl (C=O) groups is 2. The summed E-state index contributed by atoms with van der Waals surface area (Å²) in [5.41, 5.74) is 0.768. The molecule has 168 valence electrons. The van der Waals surface area contributed by atoms with Crippen LogP contribution in [0.4, 0.5) is 5.69 Å². The minimum absolute atomic E-state index is 0.117. The molecule has 1 fully saturated rings. The number of esters is 1. The van der Waals surface area contributed by atoms with E-state index in [-0.39, 0.29) is 21.0 Å². The van der Waals surface area contributed by atoms with Crippen molar-refractivity contribution in [1.82, 2.24) is 4.31 Å². The summed E-state index contributed by atoms with van der Waals surface area (Å²) in [4.78, 5) is 24.4. The van der Waals surface area contributed by atoms with Gasteiger partial charge < -0.3 is 10.1 Å². The molecular formula is C22H22ClN3O5S. The summed E-state index contributed by atoms with van der Waals surface area (Å²) in [6, 6.07) is 11.8. The maximum absolute atomic E-state index is 12.8. The zero-order chi connectivity index (χ0) is 23.1. The van der Waals surface area contributed by atoms with E-state index < -0.39 is 28.5 Å². The van der Waals surface area contributed by atoms with Crippen molar-refractivity contribution >= 4 is 39.2 Å². The average Bonchev–Trinajstić information content (AvgIpc) is 3.08.